The molecule has 0 saturated heterocycles. The van der Waals surface area contributed by atoms with Gasteiger partial charge in [0.25, 0.3) is 0 Å². The fourth-order valence-corrected chi connectivity index (χ4v) is 3.59. The smallest absolute Gasteiger partial charge is 0.336 e. The van der Waals surface area contributed by atoms with Gasteiger partial charge in [-0.25, -0.2) is 4.79 Å². The predicted octanol–water partition coefficient (Wildman–Crippen LogP) is 4.32. The van der Waals surface area contributed by atoms with Crippen LogP contribution >= 0.6 is 0 Å². The molecule has 23 heavy (non-hydrogen) atoms. The monoisotopic (exact) mass is 303 g/mol. The van der Waals surface area contributed by atoms with E-state index in [2.05, 4.69) is 12.1 Å². The van der Waals surface area contributed by atoms with Gasteiger partial charge in [-0.05, 0) is 37.0 Å². The van der Waals surface area contributed by atoms with Crippen molar-refractivity contribution in [2.45, 2.75) is 25.2 Å². The van der Waals surface area contributed by atoms with E-state index >= 15 is 0 Å². The number of fused-ring (bicyclic) bond motifs is 1. The SMILES string of the molecule is Cc1c(C2(c3ccccc3)CC2)nc2ccccc2c1C(=O)O. The molecular weight excluding hydrogens is 286 g/mol. The molecule has 0 radical (unpaired) electrons. The van der Waals surface area contributed by atoms with E-state index in [1.165, 1.54) is 5.56 Å². The number of carbonyl (C=O) groups is 1. The summed E-state index contributed by atoms with van der Waals surface area (Å²) in [5.41, 5.74) is 3.94. The third-order valence-corrected chi connectivity index (χ3v) is 4.88. The van der Waals surface area contributed by atoms with Crippen LogP contribution in [0, 0.1) is 6.92 Å². The molecule has 1 heterocycles. The minimum Gasteiger partial charge on any atom is -0.478 e. The molecule has 0 bridgehead atoms. The highest BCUT2D eigenvalue weighted by molar-refractivity contribution is 6.04. The lowest BCUT2D eigenvalue weighted by molar-refractivity contribution is 0.0698. The van der Waals surface area contributed by atoms with Crippen LogP contribution in [0.25, 0.3) is 10.9 Å². The first-order chi connectivity index (χ1) is 11.1. The summed E-state index contributed by atoms with van der Waals surface area (Å²) < 4.78 is 0. The van der Waals surface area contributed by atoms with Crippen LogP contribution in [-0.4, -0.2) is 16.1 Å². The second-order valence-electron chi connectivity index (χ2n) is 6.23. The number of para-hydroxylation sites is 1. The Bertz CT molecular complexity index is 912. The molecule has 1 fully saturated rings. The average molecular weight is 303 g/mol. The minimum atomic E-state index is -0.883. The second kappa shape index (κ2) is 4.92. The Morgan fingerprint density at radius 2 is 1.70 bits per heavy atom. The van der Waals surface area contributed by atoms with Gasteiger partial charge < -0.3 is 5.11 Å². The number of nitrogens with zero attached hydrogens (tertiary/aromatic N) is 1. The Morgan fingerprint density at radius 3 is 2.35 bits per heavy atom. The zero-order valence-corrected chi connectivity index (χ0v) is 12.9. The first-order valence-electron chi connectivity index (χ1n) is 7.82. The number of hydrogen-bond acceptors (Lipinski definition) is 2. The van der Waals surface area contributed by atoms with E-state index in [0.717, 1.165) is 29.6 Å². The Kier molecular flexibility index (Phi) is 2.98. The van der Waals surface area contributed by atoms with Crippen LogP contribution in [0.2, 0.25) is 0 Å². The van der Waals surface area contributed by atoms with Crippen molar-refractivity contribution in [2.24, 2.45) is 0 Å². The number of benzene rings is 2. The van der Waals surface area contributed by atoms with Crippen LogP contribution in [0.4, 0.5) is 0 Å². The number of carboxylic acid groups (broad SMARTS) is 1. The molecule has 0 atom stereocenters. The van der Waals surface area contributed by atoms with Gasteiger partial charge in [0.1, 0.15) is 0 Å². The predicted molar refractivity (Wildman–Crippen MR) is 89.9 cm³/mol. The Morgan fingerprint density at radius 1 is 1.04 bits per heavy atom. The van der Waals surface area contributed by atoms with Crippen LogP contribution in [0.1, 0.15) is 40.0 Å². The maximum Gasteiger partial charge on any atom is 0.336 e. The number of pyridine rings is 1. The zero-order valence-electron chi connectivity index (χ0n) is 12.9. The van der Waals surface area contributed by atoms with Gasteiger partial charge in [0.05, 0.1) is 16.8 Å². The van der Waals surface area contributed by atoms with E-state index in [9.17, 15) is 9.90 Å². The third-order valence-electron chi connectivity index (χ3n) is 4.88. The van der Waals surface area contributed by atoms with E-state index in [1.54, 1.807) is 0 Å². The highest BCUT2D eigenvalue weighted by Gasteiger charge is 2.48. The van der Waals surface area contributed by atoms with E-state index in [-0.39, 0.29) is 5.41 Å². The molecule has 1 aromatic heterocycles. The fraction of sp³-hybridized carbons (Fsp3) is 0.200. The van der Waals surface area contributed by atoms with E-state index < -0.39 is 5.97 Å². The normalized spacial score (nSPS) is 15.5. The number of carboxylic acids is 1. The summed E-state index contributed by atoms with van der Waals surface area (Å²) in [6, 6.07) is 17.8. The van der Waals surface area contributed by atoms with Crippen LogP contribution in [-0.2, 0) is 5.41 Å². The van der Waals surface area contributed by atoms with Crippen molar-refractivity contribution >= 4 is 16.9 Å². The van der Waals surface area contributed by atoms with Gasteiger partial charge in [-0.15, -0.1) is 0 Å². The zero-order chi connectivity index (χ0) is 16.0. The van der Waals surface area contributed by atoms with Gasteiger partial charge in [-0.2, -0.15) is 0 Å². The molecule has 0 aliphatic heterocycles. The molecule has 1 N–H and O–H groups in total. The topological polar surface area (TPSA) is 50.2 Å². The molecule has 114 valence electrons. The highest BCUT2D eigenvalue weighted by atomic mass is 16.4. The van der Waals surface area contributed by atoms with Crippen molar-refractivity contribution in [1.82, 2.24) is 4.98 Å². The Balaban J connectivity index is 2.02. The molecule has 3 nitrogen and oxygen atoms in total. The maximum absolute atomic E-state index is 11.8. The van der Waals surface area contributed by atoms with E-state index in [1.807, 2.05) is 49.4 Å². The summed E-state index contributed by atoms with van der Waals surface area (Å²) in [6.07, 6.45) is 2.03. The van der Waals surface area contributed by atoms with Gasteiger partial charge in [-0.1, -0.05) is 48.5 Å². The van der Waals surface area contributed by atoms with Gasteiger partial charge in [0, 0.05) is 10.8 Å². The Hall–Kier alpha value is -2.68. The number of aromatic carboxylic acids is 1. The summed E-state index contributed by atoms with van der Waals surface area (Å²) in [5, 5.41) is 10.4. The van der Waals surface area contributed by atoms with Gasteiger partial charge in [0.15, 0.2) is 0 Å². The molecule has 2 aromatic carbocycles. The summed E-state index contributed by atoms with van der Waals surface area (Å²) in [5.74, 6) is -0.883. The van der Waals surface area contributed by atoms with Crippen LogP contribution in [0.5, 0.6) is 0 Å². The lowest BCUT2D eigenvalue weighted by atomic mass is 9.87. The largest absolute Gasteiger partial charge is 0.478 e. The third kappa shape index (κ3) is 2.04. The molecule has 1 saturated carbocycles. The van der Waals surface area contributed by atoms with Crippen molar-refractivity contribution < 1.29 is 9.90 Å². The van der Waals surface area contributed by atoms with Gasteiger partial charge >= 0.3 is 5.97 Å². The molecule has 3 aromatic rings. The van der Waals surface area contributed by atoms with Gasteiger partial charge in [0.2, 0.25) is 0 Å². The van der Waals surface area contributed by atoms with Crippen molar-refractivity contribution in [3.05, 3.63) is 77.0 Å². The van der Waals surface area contributed by atoms with Crippen LogP contribution in [0.3, 0.4) is 0 Å². The summed E-state index contributed by atoms with van der Waals surface area (Å²) >= 11 is 0. The number of aromatic nitrogens is 1. The van der Waals surface area contributed by atoms with E-state index in [0.29, 0.717) is 10.9 Å². The molecular formula is C20H17NO2. The second-order valence-corrected chi connectivity index (χ2v) is 6.23. The average Bonchev–Trinajstić information content (AvgIpc) is 3.36. The quantitative estimate of drug-likeness (QED) is 0.784. The Labute approximate surface area is 134 Å². The molecule has 1 aliphatic rings. The molecule has 4 rings (SSSR count). The minimum absolute atomic E-state index is 0.125. The lowest BCUT2D eigenvalue weighted by Gasteiger charge is -2.20. The van der Waals surface area contributed by atoms with E-state index in [4.69, 9.17) is 4.98 Å². The lowest BCUT2D eigenvalue weighted by Crippen LogP contribution is -2.16. The molecule has 0 spiro atoms. The van der Waals surface area contributed by atoms with Crippen molar-refractivity contribution in [1.29, 1.82) is 0 Å². The highest BCUT2D eigenvalue weighted by Crippen LogP contribution is 2.54. The summed E-state index contributed by atoms with van der Waals surface area (Å²) in [7, 11) is 0. The van der Waals surface area contributed by atoms with Gasteiger partial charge in [-0.3, -0.25) is 4.98 Å². The summed E-state index contributed by atoms with van der Waals surface area (Å²) in [6.45, 7) is 1.89. The molecule has 0 amide bonds. The molecule has 3 heteroatoms. The summed E-state index contributed by atoms with van der Waals surface area (Å²) in [4.78, 5) is 16.7. The molecule has 1 aliphatic carbocycles. The van der Waals surface area contributed by atoms with Crippen LogP contribution < -0.4 is 0 Å². The van der Waals surface area contributed by atoms with Crippen molar-refractivity contribution in [3.8, 4) is 0 Å². The first-order valence-corrected chi connectivity index (χ1v) is 7.82. The van der Waals surface area contributed by atoms with Crippen molar-refractivity contribution in [3.63, 3.8) is 0 Å². The molecule has 0 unspecified atom stereocenters. The number of rotatable bonds is 3. The standard InChI is InChI=1S/C20H17NO2/c1-13-17(19(22)23)15-9-5-6-10-16(15)21-18(13)20(11-12-20)14-7-3-2-4-8-14/h2-10H,11-12H2,1H3,(H,22,23). The van der Waals surface area contributed by atoms with Crippen molar-refractivity contribution in [2.75, 3.05) is 0 Å². The fourth-order valence-electron chi connectivity index (χ4n) is 3.59. The van der Waals surface area contributed by atoms with Crippen LogP contribution in [0.15, 0.2) is 54.6 Å². The maximum atomic E-state index is 11.8. The number of hydrogen-bond donors (Lipinski definition) is 1. The first kappa shape index (κ1) is 13.9.